The standard InChI is InChI=1S/C15H12N2O4/c18-14(6-4-11-2-1-7-20-11)16-10-3-5-13-12(8-10)17-15(19)9-21-13/h1-8H,9H2,(H,16,18)(H,17,19). The first kappa shape index (κ1) is 13.0. The number of carbonyl (C=O) groups is 2. The molecule has 0 spiro atoms. The number of rotatable bonds is 3. The molecule has 2 aromatic rings. The zero-order chi connectivity index (χ0) is 14.7. The predicted octanol–water partition coefficient (Wildman–Crippen LogP) is 2.26. The Balaban J connectivity index is 1.69. The largest absolute Gasteiger partial charge is 0.482 e. The van der Waals surface area contributed by atoms with E-state index in [1.165, 1.54) is 12.3 Å². The maximum absolute atomic E-state index is 11.8. The summed E-state index contributed by atoms with van der Waals surface area (Å²) in [5.41, 5.74) is 1.10. The molecule has 0 saturated carbocycles. The highest BCUT2D eigenvalue weighted by Crippen LogP contribution is 2.30. The summed E-state index contributed by atoms with van der Waals surface area (Å²) in [6, 6.07) is 8.53. The van der Waals surface area contributed by atoms with E-state index in [9.17, 15) is 9.59 Å². The minimum Gasteiger partial charge on any atom is -0.482 e. The summed E-state index contributed by atoms with van der Waals surface area (Å²) in [4.78, 5) is 23.0. The Hall–Kier alpha value is -3.02. The number of furan rings is 1. The lowest BCUT2D eigenvalue weighted by atomic mass is 10.2. The zero-order valence-corrected chi connectivity index (χ0v) is 11.0. The summed E-state index contributed by atoms with van der Waals surface area (Å²) in [6.45, 7) is 0.00455. The van der Waals surface area contributed by atoms with Crippen LogP contribution in [0.5, 0.6) is 5.75 Å². The van der Waals surface area contributed by atoms with E-state index in [2.05, 4.69) is 10.6 Å². The van der Waals surface area contributed by atoms with Crippen LogP contribution < -0.4 is 15.4 Å². The number of benzene rings is 1. The van der Waals surface area contributed by atoms with Crippen molar-refractivity contribution in [3.8, 4) is 5.75 Å². The summed E-state index contributed by atoms with van der Waals surface area (Å²) >= 11 is 0. The van der Waals surface area contributed by atoms with Crippen molar-refractivity contribution >= 4 is 29.3 Å². The Kier molecular flexibility index (Phi) is 3.42. The SMILES string of the molecule is O=C(C=Cc1ccco1)Nc1ccc2c(c1)NC(=O)CO2. The summed E-state index contributed by atoms with van der Waals surface area (Å²) in [5.74, 6) is 0.660. The molecular formula is C15H12N2O4. The van der Waals surface area contributed by atoms with Crippen LogP contribution in [0.2, 0.25) is 0 Å². The molecule has 1 aromatic carbocycles. The second kappa shape index (κ2) is 5.54. The predicted molar refractivity (Wildman–Crippen MR) is 76.9 cm³/mol. The second-order valence-corrected chi connectivity index (χ2v) is 4.39. The van der Waals surface area contributed by atoms with Crippen LogP contribution in [0, 0.1) is 0 Å². The molecule has 6 nitrogen and oxygen atoms in total. The van der Waals surface area contributed by atoms with Crippen molar-refractivity contribution in [3.63, 3.8) is 0 Å². The normalized spacial score (nSPS) is 13.4. The molecule has 1 aliphatic heterocycles. The number of hydrogen-bond donors (Lipinski definition) is 2. The van der Waals surface area contributed by atoms with Crippen molar-refractivity contribution in [1.82, 2.24) is 0 Å². The van der Waals surface area contributed by atoms with Crippen LogP contribution in [-0.4, -0.2) is 18.4 Å². The Bertz CT molecular complexity index is 704. The van der Waals surface area contributed by atoms with E-state index in [0.29, 0.717) is 22.9 Å². The molecule has 1 aromatic heterocycles. The van der Waals surface area contributed by atoms with Gasteiger partial charge in [-0.2, -0.15) is 0 Å². The highest BCUT2D eigenvalue weighted by molar-refractivity contribution is 6.03. The van der Waals surface area contributed by atoms with E-state index in [4.69, 9.17) is 9.15 Å². The van der Waals surface area contributed by atoms with Crippen LogP contribution in [0.25, 0.3) is 6.08 Å². The van der Waals surface area contributed by atoms with Crippen molar-refractivity contribution in [3.05, 3.63) is 48.4 Å². The fourth-order valence-electron chi connectivity index (χ4n) is 1.89. The smallest absolute Gasteiger partial charge is 0.262 e. The average molecular weight is 284 g/mol. The fourth-order valence-corrected chi connectivity index (χ4v) is 1.89. The van der Waals surface area contributed by atoms with Crippen molar-refractivity contribution in [2.75, 3.05) is 17.2 Å². The molecule has 21 heavy (non-hydrogen) atoms. The highest BCUT2D eigenvalue weighted by atomic mass is 16.5. The van der Waals surface area contributed by atoms with Gasteiger partial charge < -0.3 is 19.8 Å². The summed E-state index contributed by atoms with van der Waals surface area (Å²) in [6.07, 6.45) is 4.47. The summed E-state index contributed by atoms with van der Waals surface area (Å²) in [5, 5.41) is 5.37. The number of carbonyl (C=O) groups excluding carboxylic acids is 2. The molecule has 2 amide bonds. The quantitative estimate of drug-likeness (QED) is 0.847. The van der Waals surface area contributed by atoms with Gasteiger partial charge in [0.1, 0.15) is 11.5 Å². The molecule has 2 heterocycles. The van der Waals surface area contributed by atoms with Gasteiger partial charge in [0.15, 0.2) is 6.61 Å². The van der Waals surface area contributed by atoms with Gasteiger partial charge in [0, 0.05) is 11.8 Å². The minimum absolute atomic E-state index is 0.00455. The van der Waals surface area contributed by atoms with E-state index < -0.39 is 0 Å². The number of hydrogen-bond acceptors (Lipinski definition) is 4. The van der Waals surface area contributed by atoms with E-state index in [-0.39, 0.29) is 18.4 Å². The third-order valence-corrected chi connectivity index (χ3v) is 2.82. The molecule has 106 valence electrons. The van der Waals surface area contributed by atoms with Crippen LogP contribution >= 0.6 is 0 Å². The van der Waals surface area contributed by atoms with Crippen molar-refractivity contribution in [2.24, 2.45) is 0 Å². The van der Waals surface area contributed by atoms with Gasteiger partial charge in [-0.25, -0.2) is 0 Å². The van der Waals surface area contributed by atoms with Crippen LogP contribution in [0.15, 0.2) is 47.1 Å². The average Bonchev–Trinajstić information content (AvgIpc) is 2.98. The lowest BCUT2D eigenvalue weighted by Crippen LogP contribution is -2.25. The van der Waals surface area contributed by atoms with Gasteiger partial charge in [-0.15, -0.1) is 0 Å². The molecular weight excluding hydrogens is 272 g/mol. The van der Waals surface area contributed by atoms with Crippen LogP contribution in [-0.2, 0) is 9.59 Å². The molecule has 0 saturated heterocycles. The minimum atomic E-state index is -0.297. The maximum atomic E-state index is 11.8. The number of fused-ring (bicyclic) bond motifs is 1. The van der Waals surface area contributed by atoms with Crippen molar-refractivity contribution in [2.45, 2.75) is 0 Å². The molecule has 0 bridgehead atoms. The summed E-state index contributed by atoms with van der Waals surface area (Å²) in [7, 11) is 0. The Morgan fingerprint density at radius 3 is 3.05 bits per heavy atom. The molecule has 6 heteroatoms. The maximum Gasteiger partial charge on any atom is 0.262 e. The van der Waals surface area contributed by atoms with E-state index >= 15 is 0 Å². The topological polar surface area (TPSA) is 80.6 Å². The Labute approximate surface area is 120 Å². The monoisotopic (exact) mass is 284 g/mol. The Morgan fingerprint density at radius 1 is 1.33 bits per heavy atom. The lowest BCUT2D eigenvalue weighted by Gasteiger charge is -2.18. The molecule has 0 atom stereocenters. The molecule has 2 N–H and O–H groups in total. The van der Waals surface area contributed by atoms with Crippen LogP contribution in [0.4, 0.5) is 11.4 Å². The van der Waals surface area contributed by atoms with Gasteiger partial charge in [0.25, 0.3) is 5.91 Å². The van der Waals surface area contributed by atoms with E-state index in [1.54, 1.807) is 36.4 Å². The molecule has 0 unspecified atom stereocenters. The van der Waals surface area contributed by atoms with Gasteiger partial charge in [-0.1, -0.05) is 0 Å². The summed E-state index contributed by atoms with van der Waals surface area (Å²) < 4.78 is 10.3. The first-order valence-electron chi connectivity index (χ1n) is 6.30. The van der Waals surface area contributed by atoms with Crippen LogP contribution in [0.3, 0.4) is 0 Å². The van der Waals surface area contributed by atoms with Gasteiger partial charge in [0.05, 0.1) is 12.0 Å². The lowest BCUT2D eigenvalue weighted by molar-refractivity contribution is -0.118. The van der Waals surface area contributed by atoms with E-state index in [0.717, 1.165) is 0 Å². The van der Waals surface area contributed by atoms with Gasteiger partial charge in [0.2, 0.25) is 5.91 Å². The molecule has 3 rings (SSSR count). The molecule has 0 aliphatic carbocycles. The number of ether oxygens (including phenoxy) is 1. The number of nitrogens with one attached hydrogen (secondary N) is 2. The molecule has 0 radical (unpaired) electrons. The number of amides is 2. The van der Waals surface area contributed by atoms with Gasteiger partial charge >= 0.3 is 0 Å². The Morgan fingerprint density at radius 2 is 2.24 bits per heavy atom. The van der Waals surface area contributed by atoms with Crippen molar-refractivity contribution in [1.29, 1.82) is 0 Å². The molecule has 0 fully saturated rings. The number of anilines is 2. The fraction of sp³-hybridized carbons (Fsp3) is 0.0667. The second-order valence-electron chi connectivity index (χ2n) is 4.39. The van der Waals surface area contributed by atoms with Gasteiger partial charge in [-0.05, 0) is 36.4 Å². The van der Waals surface area contributed by atoms with Crippen LogP contribution in [0.1, 0.15) is 5.76 Å². The highest BCUT2D eigenvalue weighted by Gasteiger charge is 2.16. The first-order valence-corrected chi connectivity index (χ1v) is 6.30. The first-order chi connectivity index (χ1) is 10.2. The van der Waals surface area contributed by atoms with E-state index in [1.807, 2.05) is 0 Å². The third-order valence-electron chi connectivity index (χ3n) is 2.82. The van der Waals surface area contributed by atoms with Crippen molar-refractivity contribution < 1.29 is 18.7 Å². The van der Waals surface area contributed by atoms with Gasteiger partial charge in [-0.3, -0.25) is 9.59 Å². The zero-order valence-electron chi connectivity index (χ0n) is 11.0. The third kappa shape index (κ3) is 3.11. The molecule has 1 aliphatic rings.